The molecular formula is C10H20N2O2. The number of likely N-dealkylation sites (tertiary alicyclic amines) is 1. The van der Waals surface area contributed by atoms with E-state index >= 15 is 0 Å². The topological polar surface area (TPSA) is 55.6 Å². The van der Waals surface area contributed by atoms with Crippen LogP contribution in [-0.4, -0.2) is 43.2 Å². The van der Waals surface area contributed by atoms with Crippen LogP contribution in [-0.2, 0) is 9.53 Å². The van der Waals surface area contributed by atoms with Gasteiger partial charge in [0.2, 0.25) is 5.91 Å². The molecule has 0 spiro atoms. The molecule has 14 heavy (non-hydrogen) atoms. The SMILES string of the molecule is CCOCC(=O)N1CCC(C)C1CN. The molecule has 0 saturated carbocycles. The number of nitrogens with two attached hydrogens (primary N) is 1. The maximum atomic E-state index is 11.7. The number of nitrogens with zero attached hydrogens (tertiary/aromatic N) is 1. The van der Waals surface area contributed by atoms with Gasteiger partial charge in [-0.2, -0.15) is 0 Å². The Kier molecular flexibility index (Phi) is 4.35. The summed E-state index contributed by atoms with van der Waals surface area (Å²) in [6.07, 6.45) is 1.06. The molecule has 4 heteroatoms. The molecule has 0 aromatic carbocycles. The zero-order valence-corrected chi connectivity index (χ0v) is 9.03. The molecule has 82 valence electrons. The lowest BCUT2D eigenvalue weighted by atomic mass is 10.0. The maximum Gasteiger partial charge on any atom is 0.248 e. The predicted octanol–water partition coefficient (Wildman–Crippen LogP) is 0.219. The van der Waals surface area contributed by atoms with E-state index in [2.05, 4.69) is 6.92 Å². The van der Waals surface area contributed by atoms with Crippen LogP contribution in [0.4, 0.5) is 0 Å². The average molecular weight is 200 g/mol. The van der Waals surface area contributed by atoms with Gasteiger partial charge in [-0.15, -0.1) is 0 Å². The minimum Gasteiger partial charge on any atom is -0.372 e. The van der Waals surface area contributed by atoms with Crippen molar-refractivity contribution in [3.8, 4) is 0 Å². The van der Waals surface area contributed by atoms with Gasteiger partial charge in [-0.05, 0) is 19.3 Å². The monoisotopic (exact) mass is 200 g/mol. The third-order valence-electron chi connectivity index (χ3n) is 2.87. The van der Waals surface area contributed by atoms with E-state index in [1.807, 2.05) is 11.8 Å². The van der Waals surface area contributed by atoms with E-state index in [-0.39, 0.29) is 18.6 Å². The van der Waals surface area contributed by atoms with Crippen LogP contribution < -0.4 is 5.73 Å². The Morgan fingerprint density at radius 3 is 2.93 bits per heavy atom. The number of ether oxygens (including phenoxy) is 1. The van der Waals surface area contributed by atoms with Gasteiger partial charge in [-0.25, -0.2) is 0 Å². The summed E-state index contributed by atoms with van der Waals surface area (Å²) in [6.45, 7) is 6.20. The highest BCUT2D eigenvalue weighted by molar-refractivity contribution is 5.78. The average Bonchev–Trinajstić information content (AvgIpc) is 2.55. The summed E-state index contributed by atoms with van der Waals surface area (Å²) < 4.78 is 5.10. The van der Waals surface area contributed by atoms with Gasteiger partial charge in [-0.1, -0.05) is 6.92 Å². The maximum absolute atomic E-state index is 11.7. The number of carbonyl (C=O) groups excluding carboxylic acids is 1. The molecule has 1 fully saturated rings. The summed E-state index contributed by atoms with van der Waals surface area (Å²) in [7, 11) is 0. The van der Waals surface area contributed by atoms with E-state index in [9.17, 15) is 4.79 Å². The van der Waals surface area contributed by atoms with Gasteiger partial charge in [-0.3, -0.25) is 4.79 Å². The second-order valence-electron chi connectivity index (χ2n) is 3.79. The normalized spacial score (nSPS) is 26.9. The lowest BCUT2D eigenvalue weighted by Crippen LogP contribution is -2.43. The third kappa shape index (κ3) is 2.45. The van der Waals surface area contributed by atoms with Crippen molar-refractivity contribution < 1.29 is 9.53 Å². The highest BCUT2D eigenvalue weighted by Crippen LogP contribution is 2.22. The largest absolute Gasteiger partial charge is 0.372 e. The van der Waals surface area contributed by atoms with E-state index < -0.39 is 0 Å². The molecule has 1 saturated heterocycles. The van der Waals surface area contributed by atoms with E-state index in [0.29, 0.717) is 19.1 Å². The molecule has 0 bridgehead atoms. The van der Waals surface area contributed by atoms with Gasteiger partial charge in [0.1, 0.15) is 6.61 Å². The lowest BCUT2D eigenvalue weighted by molar-refractivity contribution is -0.136. The summed E-state index contributed by atoms with van der Waals surface area (Å²) in [5.41, 5.74) is 5.65. The van der Waals surface area contributed by atoms with Crippen LogP contribution in [0.25, 0.3) is 0 Å². The minimum absolute atomic E-state index is 0.0756. The first kappa shape index (κ1) is 11.5. The van der Waals surface area contributed by atoms with E-state index in [4.69, 9.17) is 10.5 Å². The second kappa shape index (κ2) is 5.32. The Hall–Kier alpha value is -0.610. The predicted molar refractivity (Wildman–Crippen MR) is 54.8 cm³/mol. The molecule has 0 radical (unpaired) electrons. The summed E-state index contributed by atoms with van der Waals surface area (Å²) in [5.74, 6) is 0.595. The highest BCUT2D eigenvalue weighted by atomic mass is 16.5. The number of carbonyl (C=O) groups is 1. The van der Waals surface area contributed by atoms with Crippen molar-refractivity contribution in [3.63, 3.8) is 0 Å². The summed E-state index contributed by atoms with van der Waals surface area (Å²) in [4.78, 5) is 13.5. The van der Waals surface area contributed by atoms with Gasteiger partial charge in [0, 0.05) is 25.7 Å². The second-order valence-corrected chi connectivity index (χ2v) is 3.79. The van der Waals surface area contributed by atoms with Crippen molar-refractivity contribution in [1.29, 1.82) is 0 Å². The van der Waals surface area contributed by atoms with Gasteiger partial charge in [0.25, 0.3) is 0 Å². The lowest BCUT2D eigenvalue weighted by Gasteiger charge is -2.25. The fourth-order valence-corrected chi connectivity index (χ4v) is 1.95. The third-order valence-corrected chi connectivity index (χ3v) is 2.87. The zero-order valence-electron chi connectivity index (χ0n) is 9.03. The van der Waals surface area contributed by atoms with E-state index in [1.54, 1.807) is 0 Å². The standard InChI is InChI=1S/C10H20N2O2/c1-3-14-7-10(13)12-5-4-8(2)9(12)6-11/h8-9H,3-7,11H2,1-2H3. The highest BCUT2D eigenvalue weighted by Gasteiger charge is 2.32. The molecule has 4 nitrogen and oxygen atoms in total. The van der Waals surface area contributed by atoms with Crippen molar-refractivity contribution in [2.24, 2.45) is 11.7 Å². The number of hydrogen-bond donors (Lipinski definition) is 1. The Labute approximate surface area is 85.4 Å². The van der Waals surface area contributed by atoms with Crippen LogP contribution in [0.3, 0.4) is 0 Å². The van der Waals surface area contributed by atoms with Crippen molar-refractivity contribution in [2.45, 2.75) is 26.3 Å². The molecule has 2 unspecified atom stereocenters. The molecule has 0 aromatic rings. The van der Waals surface area contributed by atoms with Crippen LogP contribution in [0.2, 0.25) is 0 Å². The molecule has 1 aliphatic rings. The van der Waals surface area contributed by atoms with Gasteiger partial charge in [0.05, 0.1) is 0 Å². The van der Waals surface area contributed by atoms with Crippen molar-refractivity contribution in [1.82, 2.24) is 4.90 Å². The van der Waals surface area contributed by atoms with Crippen LogP contribution >= 0.6 is 0 Å². The molecular weight excluding hydrogens is 180 g/mol. The molecule has 1 aliphatic heterocycles. The molecule has 1 heterocycles. The first-order valence-corrected chi connectivity index (χ1v) is 5.28. The van der Waals surface area contributed by atoms with Crippen LogP contribution in [0.5, 0.6) is 0 Å². The Balaban J connectivity index is 2.46. The first-order valence-electron chi connectivity index (χ1n) is 5.28. The number of rotatable bonds is 4. The fourth-order valence-electron chi connectivity index (χ4n) is 1.95. The molecule has 1 amide bonds. The van der Waals surface area contributed by atoms with E-state index in [0.717, 1.165) is 13.0 Å². The smallest absolute Gasteiger partial charge is 0.248 e. The number of hydrogen-bond acceptors (Lipinski definition) is 3. The molecule has 2 atom stereocenters. The Bertz CT molecular complexity index is 197. The van der Waals surface area contributed by atoms with Gasteiger partial charge >= 0.3 is 0 Å². The summed E-state index contributed by atoms with van der Waals surface area (Å²) in [6, 6.07) is 0.211. The summed E-state index contributed by atoms with van der Waals surface area (Å²) in [5, 5.41) is 0. The fraction of sp³-hybridized carbons (Fsp3) is 0.900. The Morgan fingerprint density at radius 1 is 1.64 bits per heavy atom. The summed E-state index contributed by atoms with van der Waals surface area (Å²) >= 11 is 0. The molecule has 2 N–H and O–H groups in total. The van der Waals surface area contributed by atoms with Crippen molar-refractivity contribution in [2.75, 3.05) is 26.3 Å². The Morgan fingerprint density at radius 2 is 2.36 bits per heavy atom. The van der Waals surface area contributed by atoms with Crippen LogP contribution in [0, 0.1) is 5.92 Å². The molecule has 1 rings (SSSR count). The van der Waals surface area contributed by atoms with E-state index in [1.165, 1.54) is 0 Å². The van der Waals surface area contributed by atoms with Gasteiger partial charge < -0.3 is 15.4 Å². The minimum atomic E-state index is 0.0756. The number of amides is 1. The van der Waals surface area contributed by atoms with Crippen molar-refractivity contribution in [3.05, 3.63) is 0 Å². The van der Waals surface area contributed by atoms with Crippen molar-refractivity contribution >= 4 is 5.91 Å². The van der Waals surface area contributed by atoms with Crippen LogP contribution in [0.1, 0.15) is 20.3 Å². The van der Waals surface area contributed by atoms with Gasteiger partial charge in [0.15, 0.2) is 0 Å². The quantitative estimate of drug-likeness (QED) is 0.706. The van der Waals surface area contributed by atoms with Crippen LogP contribution in [0.15, 0.2) is 0 Å². The molecule has 0 aliphatic carbocycles. The molecule has 0 aromatic heterocycles. The first-order chi connectivity index (χ1) is 6.70. The zero-order chi connectivity index (χ0) is 10.6.